The minimum atomic E-state index is 0.229. The van der Waals surface area contributed by atoms with Gasteiger partial charge >= 0.3 is 0 Å². The standard InChI is InChI=1S/C7H17NO/c1-6(2)4-8-7(3)5-9/h6-9H,4-5H2,1-3H3/t7-/m0/s1. The van der Waals surface area contributed by atoms with Crippen LogP contribution in [0.1, 0.15) is 20.8 Å². The molecule has 1 atom stereocenters. The predicted octanol–water partition coefficient (Wildman–Crippen LogP) is 0.613. The SMILES string of the molecule is CC(C)CN[C@@H](C)CO. The Hall–Kier alpha value is -0.0800. The largest absolute Gasteiger partial charge is 0.395 e. The minimum Gasteiger partial charge on any atom is -0.395 e. The minimum absolute atomic E-state index is 0.229. The molecule has 0 aliphatic carbocycles. The summed E-state index contributed by atoms with van der Waals surface area (Å²) in [5.41, 5.74) is 0. The van der Waals surface area contributed by atoms with E-state index in [9.17, 15) is 0 Å². The van der Waals surface area contributed by atoms with Crippen molar-refractivity contribution in [3.05, 3.63) is 0 Å². The van der Waals surface area contributed by atoms with E-state index in [0.717, 1.165) is 6.54 Å². The van der Waals surface area contributed by atoms with Crippen molar-refractivity contribution >= 4 is 0 Å². The molecule has 0 unspecified atom stereocenters. The lowest BCUT2D eigenvalue weighted by atomic mass is 10.2. The van der Waals surface area contributed by atoms with Crippen LogP contribution in [-0.4, -0.2) is 24.3 Å². The van der Waals surface area contributed by atoms with Crippen LogP contribution in [-0.2, 0) is 0 Å². The van der Waals surface area contributed by atoms with E-state index in [1.54, 1.807) is 0 Å². The summed E-state index contributed by atoms with van der Waals surface area (Å²) in [6.45, 7) is 7.49. The first-order valence-corrected chi connectivity index (χ1v) is 3.51. The molecule has 0 saturated heterocycles. The third-order valence-electron chi connectivity index (χ3n) is 1.15. The van der Waals surface area contributed by atoms with Crippen molar-refractivity contribution in [3.8, 4) is 0 Å². The molecule has 2 nitrogen and oxygen atoms in total. The second-order valence-electron chi connectivity index (χ2n) is 2.89. The van der Waals surface area contributed by atoms with E-state index in [1.807, 2.05) is 6.92 Å². The van der Waals surface area contributed by atoms with E-state index in [-0.39, 0.29) is 12.6 Å². The Morgan fingerprint density at radius 3 is 2.22 bits per heavy atom. The molecule has 0 aromatic heterocycles. The third kappa shape index (κ3) is 5.80. The summed E-state index contributed by atoms with van der Waals surface area (Å²) < 4.78 is 0. The number of aliphatic hydroxyl groups is 1. The van der Waals surface area contributed by atoms with Gasteiger partial charge in [0, 0.05) is 6.04 Å². The van der Waals surface area contributed by atoms with Crippen LogP contribution in [0.2, 0.25) is 0 Å². The smallest absolute Gasteiger partial charge is 0.0581 e. The fourth-order valence-corrected chi connectivity index (χ4v) is 0.501. The molecule has 0 aliphatic heterocycles. The van der Waals surface area contributed by atoms with Gasteiger partial charge in [0.25, 0.3) is 0 Å². The summed E-state index contributed by atoms with van der Waals surface area (Å²) in [6, 6.07) is 0.243. The Morgan fingerprint density at radius 2 is 1.89 bits per heavy atom. The molecule has 0 radical (unpaired) electrons. The number of rotatable bonds is 4. The highest BCUT2D eigenvalue weighted by atomic mass is 16.3. The molecule has 2 N–H and O–H groups in total. The summed E-state index contributed by atoms with van der Waals surface area (Å²) >= 11 is 0. The second kappa shape index (κ2) is 4.77. The fraction of sp³-hybridized carbons (Fsp3) is 1.00. The molecule has 0 aromatic carbocycles. The Labute approximate surface area is 57.3 Å². The van der Waals surface area contributed by atoms with E-state index in [1.165, 1.54) is 0 Å². The van der Waals surface area contributed by atoms with Crippen molar-refractivity contribution in [2.24, 2.45) is 5.92 Å². The van der Waals surface area contributed by atoms with E-state index in [4.69, 9.17) is 5.11 Å². The monoisotopic (exact) mass is 131 g/mol. The highest BCUT2D eigenvalue weighted by Gasteiger charge is 1.98. The van der Waals surface area contributed by atoms with Gasteiger partial charge in [0.05, 0.1) is 6.61 Å². The van der Waals surface area contributed by atoms with Crippen LogP contribution < -0.4 is 5.32 Å². The van der Waals surface area contributed by atoms with Gasteiger partial charge in [0.2, 0.25) is 0 Å². The molecule has 0 bridgehead atoms. The summed E-state index contributed by atoms with van der Waals surface area (Å²) in [4.78, 5) is 0. The van der Waals surface area contributed by atoms with Gasteiger partial charge in [-0.05, 0) is 19.4 Å². The molecule has 0 rings (SSSR count). The van der Waals surface area contributed by atoms with Crippen molar-refractivity contribution in [2.75, 3.05) is 13.2 Å². The average molecular weight is 131 g/mol. The lowest BCUT2D eigenvalue weighted by Crippen LogP contribution is -2.32. The summed E-state index contributed by atoms with van der Waals surface area (Å²) in [5, 5.41) is 11.8. The molecule has 56 valence electrons. The Bertz CT molecular complexity index is 63.9. The Balaban J connectivity index is 3.06. The Kier molecular flexibility index (Phi) is 4.72. The molecule has 0 heterocycles. The van der Waals surface area contributed by atoms with E-state index < -0.39 is 0 Å². The molecule has 0 fully saturated rings. The van der Waals surface area contributed by atoms with Crippen LogP contribution in [0.3, 0.4) is 0 Å². The summed E-state index contributed by atoms with van der Waals surface area (Å²) in [7, 11) is 0. The fourth-order valence-electron chi connectivity index (χ4n) is 0.501. The quantitative estimate of drug-likeness (QED) is 0.586. The van der Waals surface area contributed by atoms with Gasteiger partial charge in [-0.3, -0.25) is 0 Å². The normalized spacial score (nSPS) is 14.3. The average Bonchev–Trinajstić information content (AvgIpc) is 1.83. The molecule has 0 saturated carbocycles. The molecule has 0 aliphatic rings. The zero-order valence-corrected chi connectivity index (χ0v) is 6.52. The van der Waals surface area contributed by atoms with Crippen LogP contribution in [0.25, 0.3) is 0 Å². The maximum absolute atomic E-state index is 8.59. The molecule has 0 amide bonds. The zero-order valence-electron chi connectivity index (χ0n) is 6.52. The van der Waals surface area contributed by atoms with Gasteiger partial charge in [-0.1, -0.05) is 13.8 Å². The Morgan fingerprint density at radius 1 is 1.33 bits per heavy atom. The van der Waals surface area contributed by atoms with Crippen molar-refractivity contribution < 1.29 is 5.11 Å². The van der Waals surface area contributed by atoms with Crippen molar-refractivity contribution in [2.45, 2.75) is 26.8 Å². The predicted molar refractivity (Wildman–Crippen MR) is 39.4 cm³/mol. The molecular weight excluding hydrogens is 114 g/mol. The maximum atomic E-state index is 8.59. The van der Waals surface area contributed by atoms with Crippen LogP contribution in [0.4, 0.5) is 0 Å². The van der Waals surface area contributed by atoms with Gasteiger partial charge in [-0.15, -0.1) is 0 Å². The molecule has 0 spiro atoms. The van der Waals surface area contributed by atoms with E-state index in [0.29, 0.717) is 5.92 Å². The highest BCUT2D eigenvalue weighted by Crippen LogP contribution is 1.88. The van der Waals surface area contributed by atoms with Crippen LogP contribution >= 0.6 is 0 Å². The third-order valence-corrected chi connectivity index (χ3v) is 1.15. The molecular formula is C7H17NO. The lowest BCUT2D eigenvalue weighted by Gasteiger charge is -2.11. The second-order valence-corrected chi connectivity index (χ2v) is 2.89. The van der Waals surface area contributed by atoms with E-state index in [2.05, 4.69) is 19.2 Å². The lowest BCUT2D eigenvalue weighted by molar-refractivity contribution is 0.248. The first kappa shape index (κ1) is 8.92. The van der Waals surface area contributed by atoms with E-state index >= 15 is 0 Å². The van der Waals surface area contributed by atoms with Gasteiger partial charge in [0.15, 0.2) is 0 Å². The van der Waals surface area contributed by atoms with Crippen molar-refractivity contribution in [1.82, 2.24) is 5.32 Å². The van der Waals surface area contributed by atoms with Crippen molar-refractivity contribution in [1.29, 1.82) is 0 Å². The van der Waals surface area contributed by atoms with Gasteiger partial charge in [-0.25, -0.2) is 0 Å². The molecule has 2 heteroatoms. The number of hydrogen-bond acceptors (Lipinski definition) is 2. The van der Waals surface area contributed by atoms with Crippen molar-refractivity contribution in [3.63, 3.8) is 0 Å². The van der Waals surface area contributed by atoms with Crippen LogP contribution in [0, 0.1) is 5.92 Å². The molecule has 0 aromatic rings. The van der Waals surface area contributed by atoms with Crippen LogP contribution in [0.5, 0.6) is 0 Å². The summed E-state index contributed by atoms with van der Waals surface area (Å²) in [5.74, 6) is 0.666. The van der Waals surface area contributed by atoms with Crippen LogP contribution in [0.15, 0.2) is 0 Å². The number of nitrogens with one attached hydrogen (secondary N) is 1. The van der Waals surface area contributed by atoms with Gasteiger partial charge in [-0.2, -0.15) is 0 Å². The topological polar surface area (TPSA) is 32.3 Å². The zero-order chi connectivity index (χ0) is 7.28. The number of aliphatic hydroxyl groups excluding tert-OH is 1. The van der Waals surface area contributed by atoms with Gasteiger partial charge in [0.1, 0.15) is 0 Å². The number of hydrogen-bond donors (Lipinski definition) is 2. The highest BCUT2D eigenvalue weighted by molar-refractivity contribution is 4.58. The maximum Gasteiger partial charge on any atom is 0.0581 e. The molecule has 9 heavy (non-hydrogen) atoms. The summed E-state index contributed by atoms with van der Waals surface area (Å²) in [6.07, 6.45) is 0. The first-order chi connectivity index (χ1) is 4.16. The van der Waals surface area contributed by atoms with Gasteiger partial charge < -0.3 is 10.4 Å². The first-order valence-electron chi connectivity index (χ1n) is 3.51.